The van der Waals surface area contributed by atoms with Crippen molar-refractivity contribution < 1.29 is 9.47 Å². The van der Waals surface area contributed by atoms with Gasteiger partial charge in [0.2, 0.25) is 0 Å². The summed E-state index contributed by atoms with van der Waals surface area (Å²) in [6.45, 7) is 6.37. The second-order valence-corrected chi connectivity index (χ2v) is 5.47. The van der Waals surface area contributed by atoms with Gasteiger partial charge in [0.25, 0.3) is 0 Å². The van der Waals surface area contributed by atoms with Gasteiger partial charge in [0, 0.05) is 12.5 Å². The van der Waals surface area contributed by atoms with Crippen LogP contribution in [0.3, 0.4) is 0 Å². The number of fused-ring (bicyclic) bond motifs is 1. The lowest BCUT2D eigenvalue weighted by Crippen LogP contribution is -2.40. The van der Waals surface area contributed by atoms with Crippen LogP contribution in [-0.2, 0) is 0 Å². The van der Waals surface area contributed by atoms with E-state index in [-0.39, 0.29) is 6.04 Å². The molecule has 3 rings (SSSR count). The van der Waals surface area contributed by atoms with Gasteiger partial charge in [-0.05, 0) is 31.5 Å². The standard InChI is InChI=1S/C15H21N3O2/c1-10(2)18-12(9-17-15(18)16)11-4-5-13-14(8-11)20-7-3-6-19-13/h4-5,8,10,12H,3,6-7,9H2,1-2H3,(H2,16,17). The monoisotopic (exact) mass is 275 g/mol. The molecule has 0 saturated carbocycles. The van der Waals surface area contributed by atoms with Crippen LogP contribution in [0.4, 0.5) is 0 Å². The summed E-state index contributed by atoms with van der Waals surface area (Å²) < 4.78 is 11.4. The Morgan fingerprint density at radius 2 is 2.00 bits per heavy atom. The highest BCUT2D eigenvalue weighted by Crippen LogP contribution is 2.35. The maximum absolute atomic E-state index is 5.99. The predicted octanol–water partition coefficient (Wildman–Crippen LogP) is 1.93. The molecular formula is C15H21N3O2. The van der Waals surface area contributed by atoms with Crippen molar-refractivity contribution in [2.75, 3.05) is 19.8 Å². The van der Waals surface area contributed by atoms with E-state index in [1.165, 1.54) is 5.56 Å². The summed E-state index contributed by atoms with van der Waals surface area (Å²) in [6, 6.07) is 6.65. The molecule has 20 heavy (non-hydrogen) atoms. The first-order valence-corrected chi connectivity index (χ1v) is 7.14. The summed E-state index contributed by atoms with van der Waals surface area (Å²) in [6.07, 6.45) is 0.918. The zero-order valence-corrected chi connectivity index (χ0v) is 12.0. The van der Waals surface area contributed by atoms with Crippen molar-refractivity contribution in [2.45, 2.75) is 32.4 Å². The van der Waals surface area contributed by atoms with Crippen LogP contribution in [-0.4, -0.2) is 36.7 Å². The van der Waals surface area contributed by atoms with Crippen molar-refractivity contribution in [1.29, 1.82) is 0 Å². The Morgan fingerprint density at radius 3 is 2.75 bits per heavy atom. The summed E-state index contributed by atoms with van der Waals surface area (Å²) in [5, 5.41) is 0. The Morgan fingerprint density at radius 1 is 1.25 bits per heavy atom. The molecule has 2 aliphatic heterocycles. The first kappa shape index (κ1) is 13.1. The summed E-state index contributed by atoms with van der Waals surface area (Å²) in [5.74, 6) is 2.28. The second-order valence-electron chi connectivity index (χ2n) is 5.47. The molecule has 1 unspecified atom stereocenters. The first-order valence-electron chi connectivity index (χ1n) is 7.14. The highest BCUT2D eigenvalue weighted by atomic mass is 16.5. The third-order valence-electron chi connectivity index (χ3n) is 3.74. The molecule has 0 saturated heterocycles. The zero-order chi connectivity index (χ0) is 14.1. The molecule has 5 heteroatoms. The van der Waals surface area contributed by atoms with Gasteiger partial charge < -0.3 is 20.1 Å². The maximum atomic E-state index is 5.99. The summed E-state index contributed by atoms with van der Waals surface area (Å²) >= 11 is 0. The van der Waals surface area contributed by atoms with Gasteiger partial charge in [0.05, 0.1) is 25.8 Å². The van der Waals surface area contributed by atoms with Crippen molar-refractivity contribution in [3.05, 3.63) is 23.8 Å². The minimum absolute atomic E-state index is 0.187. The van der Waals surface area contributed by atoms with E-state index in [1.54, 1.807) is 0 Å². The van der Waals surface area contributed by atoms with E-state index in [9.17, 15) is 0 Å². The van der Waals surface area contributed by atoms with E-state index in [0.717, 1.165) is 17.9 Å². The Kier molecular flexibility index (Phi) is 3.42. The third kappa shape index (κ3) is 2.28. The van der Waals surface area contributed by atoms with Gasteiger partial charge in [-0.25, -0.2) is 0 Å². The fourth-order valence-corrected chi connectivity index (χ4v) is 2.79. The topological polar surface area (TPSA) is 60.1 Å². The highest BCUT2D eigenvalue weighted by molar-refractivity contribution is 5.80. The van der Waals surface area contributed by atoms with Crippen molar-refractivity contribution in [3.63, 3.8) is 0 Å². The summed E-state index contributed by atoms with van der Waals surface area (Å²) in [5.41, 5.74) is 7.16. The molecule has 0 aromatic heterocycles. The molecule has 2 heterocycles. The quantitative estimate of drug-likeness (QED) is 0.896. The maximum Gasteiger partial charge on any atom is 0.192 e. The fraction of sp³-hybridized carbons (Fsp3) is 0.533. The van der Waals surface area contributed by atoms with Crippen LogP contribution in [0.25, 0.3) is 0 Å². The minimum atomic E-state index is 0.187. The second kappa shape index (κ2) is 5.23. The number of rotatable bonds is 2. The Bertz CT molecular complexity index is 528. The van der Waals surface area contributed by atoms with Crippen molar-refractivity contribution in [2.24, 2.45) is 10.7 Å². The molecule has 1 atom stereocenters. The molecule has 1 aromatic rings. The molecule has 0 aliphatic carbocycles. The van der Waals surface area contributed by atoms with Crippen LogP contribution < -0.4 is 15.2 Å². The summed E-state index contributed by atoms with van der Waals surface area (Å²) in [7, 11) is 0. The lowest BCUT2D eigenvalue weighted by Gasteiger charge is -2.30. The zero-order valence-electron chi connectivity index (χ0n) is 12.0. The van der Waals surface area contributed by atoms with Gasteiger partial charge in [-0.1, -0.05) is 6.07 Å². The normalized spacial score (nSPS) is 21.9. The van der Waals surface area contributed by atoms with E-state index in [0.29, 0.717) is 31.8 Å². The number of benzene rings is 1. The van der Waals surface area contributed by atoms with E-state index in [1.807, 2.05) is 6.07 Å². The van der Waals surface area contributed by atoms with Crippen molar-refractivity contribution in [3.8, 4) is 11.5 Å². The van der Waals surface area contributed by atoms with Crippen molar-refractivity contribution >= 4 is 5.96 Å². The molecule has 5 nitrogen and oxygen atoms in total. The fourth-order valence-electron chi connectivity index (χ4n) is 2.79. The number of aliphatic imine (C=N–C) groups is 1. The van der Waals surface area contributed by atoms with Gasteiger partial charge in [-0.2, -0.15) is 0 Å². The Labute approximate surface area is 119 Å². The molecule has 1 aromatic carbocycles. The lowest BCUT2D eigenvalue weighted by atomic mass is 10.0. The molecule has 2 N–H and O–H groups in total. The SMILES string of the molecule is CC(C)N1C(N)=NCC1c1ccc2c(c1)OCCCO2. The molecule has 0 bridgehead atoms. The van der Waals surface area contributed by atoms with Crippen molar-refractivity contribution in [1.82, 2.24) is 4.90 Å². The third-order valence-corrected chi connectivity index (χ3v) is 3.74. The number of nitrogens with zero attached hydrogens (tertiary/aromatic N) is 2. The first-order chi connectivity index (χ1) is 9.66. The van der Waals surface area contributed by atoms with E-state index in [2.05, 4.69) is 35.9 Å². The average molecular weight is 275 g/mol. The Balaban J connectivity index is 1.89. The number of hydrogen-bond donors (Lipinski definition) is 1. The van der Waals surface area contributed by atoms with Crippen LogP contribution in [0.15, 0.2) is 23.2 Å². The molecule has 0 radical (unpaired) electrons. The van der Waals surface area contributed by atoms with Crippen LogP contribution in [0, 0.1) is 0 Å². The van der Waals surface area contributed by atoms with Gasteiger partial charge in [0.15, 0.2) is 17.5 Å². The number of ether oxygens (including phenoxy) is 2. The van der Waals surface area contributed by atoms with Gasteiger partial charge in [-0.15, -0.1) is 0 Å². The molecule has 0 fully saturated rings. The number of guanidine groups is 1. The minimum Gasteiger partial charge on any atom is -0.490 e. The number of hydrogen-bond acceptors (Lipinski definition) is 5. The summed E-state index contributed by atoms with van der Waals surface area (Å²) in [4.78, 5) is 6.53. The lowest BCUT2D eigenvalue weighted by molar-refractivity contribution is 0.287. The number of nitrogens with two attached hydrogens (primary N) is 1. The smallest absolute Gasteiger partial charge is 0.192 e. The van der Waals surface area contributed by atoms with E-state index >= 15 is 0 Å². The van der Waals surface area contributed by atoms with Gasteiger partial charge >= 0.3 is 0 Å². The highest BCUT2D eigenvalue weighted by Gasteiger charge is 2.30. The van der Waals surface area contributed by atoms with Gasteiger partial charge in [0.1, 0.15) is 0 Å². The average Bonchev–Trinajstić information content (AvgIpc) is 2.67. The Hall–Kier alpha value is -1.91. The van der Waals surface area contributed by atoms with Gasteiger partial charge in [-0.3, -0.25) is 4.99 Å². The van der Waals surface area contributed by atoms with Crippen LogP contribution >= 0.6 is 0 Å². The molecule has 0 amide bonds. The largest absolute Gasteiger partial charge is 0.490 e. The van der Waals surface area contributed by atoms with E-state index in [4.69, 9.17) is 15.2 Å². The van der Waals surface area contributed by atoms with E-state index < -0.39 is 0 Å². The van der Waals surface area contributed by atoms with Crippen LogP contribution in [0.2, 0.25) is 0 Å². The molecule has 0 spiro atoms. The molecule has 2 aliphatic rings. The molecular weight excluding hydrogens is 254 g/mol. The van der Waals surface area contributed by atoms with Crippen LogP contribution in [0.5, 0.6) is 11.5 Å². The molecule has 108 valence electrons. The van der Waals surface area contributed by atoms with Crippen LogP contribution in [0.1, 0.15) is 31.9 Å². The predicted molar refractivity (Wildman–Crippen MR) is 78.3 cm³/mol.